The molecular weight excluding hydrogens is 315 g/mol. The first-order valence-electron chi connectivity index (χ1n) is 5.93. The van der Waals surface area contributed by atoms with Crippen molar-refractivity contribution < 1.29 is 4.92 Å². The summed E-state index contributed by atoms with van der Waals surface area (Å²) in [6.45, 7) is 1.75. The summed E-state index contributed by atoms with van der Waals surface area (Å²) >= 11 is 12.2. The molecule has 0 saturated heterocycles. The Kier molecular flexibility index (Phi) is 3.27. The number of nitro groups is 1. The Hall–Kier alpha value is -2.18. The number of nitrogens with zero attached hydrogens (tertiary/aromatic N) is 4. The van der Waals surface area contributed by atoms with E-state index in [0.717, 1.165) is 5.56 Å². The lowest BCUT2D eigenvalue weighted by atomic mass is 10.1. The lowest BCUT2D eigenvalue weighted by molar-refractivity contribution is -0.384. The zero-order valence-electron chi connectivity index (χ0n) is 10.7. The molecule has 0 spiro atoms. The summed E-state index contributed by atoms with van der Waals surface area (Å²) in [6, 6.07) is 6.13. The maximum absolute atomic E-state index is 10.7. The van der Waals surface area contributed by atoms with Gasteiger partial charge in [0.2, 0.25) is 0 Å². The Morgan fingerprint density at radius 1 is 1.24 bits per heavy atom. The Balaban J connectivity index is 2.19. The molecule has 0 radical (unpaired) electrons. The molecule has 8 heteroatoms. The van der Waals surface area contributed by atoms with Crippen LogP contribution in [0.5, 0.6) is 0 Å². The van der Waals surface area contributed by atoms with E-state index in [1.54, 1.807) is 25.3 Å². The lowest BCUT2D eigenvalue weighted by Gasteiger charge is -2.04. The minimum atomic E-state index is -0.449. The first-order chi connectivity index (χ1) is 9.99. The van der Waals surface area contributed by atoms with Crippen molar-refractivity contribution in [2.24, 2.45) is 0 Å². The van der Waals surface area contributed by atoms with Gasteiger partial charge in [-0.25, -0.2) is 9.50 Å². The molecule has 0 fully saturated rings. The van der Waals surface area contributed by atoms with Crippen LogP contribution in [0.25, 0.3) is 16.8 Å². The number of non-ortho nitro benzene ring substituents is 1. The average molecular weight is 323 g/mol. The van der Waals surface area contributed by atoms with Crippen LogP contribution in [0, 0.1) is 17.0 Å². The van der Waals surface area contributed by atoms with Crippen LogP contribution in [0.2, 0.25) is 10.3 Å². The van der Waals surface area contributed by atoms with Crippen LogP contribution in [0.3, 0.4) is 0 Å². The summed E-state index contributed by atoms with van der Waals surface area (Å²) in [5.74, 6) is 0. The van der Waals surface area contributed by atoms with Crippen molar-refractivity contribution in [2.75, 3.05) is 0 Å². The number of fused-ring (bicyclic) bond motifs is 1. The second kappa shape index (κ2) is 4.98. The minimum Gasteiger partial charge on any atom is -0.258 e. The fraction of sp³-hybridized carbons (Fsp3) is 0.0769. The fourth-order valence-corrected chi connectivity index (χ4v) is 2.41. The summed E-state index contributed by atoms with van der Waals surface area (Å²) in [5, 5.41) is 15.6. The molecule has 6 nitrogen and oxygen atoms in total. The van der Waals surface area contributed by atoms with Crippen LogP contribution in [0.15, 0.2) is 30.5 Å². The predicted octanol–water partition coefficient (Wildman–Crippen LogP) is 3.92. The number of rotatable bonds is 2. The Morgan fingerprint density at radius 3 is 2.52 bits per heavy atom. The molecule has 106 valence electrons. The van der Waals surface area contributed by atoms with Crippen LogP contribution < -0.4 is 0 Å². The van der Waals surface area contributed by atoms with Crippen molar-refractivity contribution in [3.63, 3.8) is 0 Å². The molecule has 0 saturated carbocycles. The third-order valence-electron chi connectivity index (χ3n) is 3.14. The summed E-state index contributed by atoms with van der Waals surface area (Å²) in [6.07, 6.45) is 1.60. The van der Waals surface area contributed by atoms with Crippen LogP contribution in [-0.4, -0.2) is 19.5 Å². The van der Waals surface area contributed by atoms with Crippen molar-refractivity contribution in [3.05, 3.63) is 56.4 Å². The van der Waals surface area contributed by atoms with E-state index >= 15 is 0 Å². The van der Waals surface area contributed by atoms with E-state index in [4.69, 9.17) is 23.2 Å². The second-order valence-corrected chi connectivity index (χ2v) is 5.13. The van der Waals surface area contributed by atoms with Crippen LogP contribution >= 0.6 is 23.2 Å². The topological polar surface area (TPSA) is 73.3 Å². The normalized spacial score (nSPS) is 11.0. The second-order valence-electron chi connectivity index (χ2n) is 4.42. The quantitative estimate of drug-likeness (QED) is 0.407. The van der Waals surface area contributed by atoms with Gasteiger partial charge in [-0.3, -0.25) is 10.1 Å². The van der Waals surface area contributed by atoms with Gasteiger partial charge in [-0.15, -0.1) is 0 Å². The molecule has 2 aromatic heterocycles. The Labute approximate surface area is 129 Å². The Morgan fingerprint density at radius 2 is 1.90 bits per heavy atom. The molecule has 3 rings (SSSR count). The number of benzene rings is 1. The van der Waals surface area contributed by atoms with Crippen molar-refractivity contribution in [1.29, 1.82) is 0 Å². The highest BCUT2D eigenvalue weighted by molar-refractivity contribution is 6.34. The van der Waals surface area contributed by atoms with E-state index in [9.17, 15) is 10.1 Å². The maximum atomic E-state index is 10.7. The van der Waals surface area contributed by atoms with Crippen molar-refractivity contribution in [1.82, 2.24) is 14.6 Å². The number of hydrogen-bond acceptors (Lipinski definition) is 4. The standard InChI is InChI=1S/C13H8Cl2N4O2/c1-7-11(14)17-13-10(6-16-18(13)12(7)15)8-2-4-9(5-3-8)19(20)21/h2-6H,1H3. The zero-order chi connectivity index (χ0) is 15.1. The molecule has 0 aliphatic rings. The number of aromatic nitrogens is 3. The van der Waals surface area contributed by atoms with E-state index in [0.29, 0.717) is 27.1 Å². The molecule has 2 heterocycles. The van der Waals surface area contributed by atoms with Crippen molar-refractivity contribution in [2.45, 2.75) is 6.92 Å². The summed E-state index contributed by atoms with van der Waals surface area (Å²) in [4.78, 5) is 14.5. The molecule has 3 aromatic rings. The van der Waals surface area contributed by atoms with E-state index < -0.39 is 4.92 Å². The van der Waals surface area contributed by atoms with Gasteiger partial charge in [-0.05, 0) is 24.6 Å². The molecule has 1 aromatic carbocycles. The van der Waals surface area contributed by atoms with Gasteiger partial charge in [-0.2, -0.15) is 5.10 Å². The maximum Gasteiger partial charge on any atom is 0.269 e. The van der Waals surface area contributed by atoms with Gasteiger partial charge in [0.25, 0.3) is 5.69 Å². The predicted molar refractivity (Wildman–Crippen MR) is 79.8 cm³/mol. The van der Waals surface area contributed by atoms with Crippen LogP contribution in [0.1, 0.15) is 5.56 Å². The number of nitro benzene ring substituents is 1. The highest BCUT2D eigenvalue weighted by Gasteiger charge is 2.15. The van der Waals surface area contributed by atoms with Crippen molar-refractivity contribution in [3.8, 4) is 11.1 Å². The molecule has 0 amide bonds. The van der Waals surface area contributed by atoms with Gasteiger partial charge in [0.05, 0.1) is 11.1 Å². The first kappa shape index (κ1) is 13.8. The van der Waals surface area contributed by atoms with Crippen molar-refractivity contribution >= 4 is 34.5 Å². The smallest absolute Gasteiger partial charge is 0.258 e. The first-order valence-corrected chi connectivity index (χ1v) is 6.69. The van der Waals surface area contributed by atoms with Gasteiger partial charge in [-0.1, -0.05) is 23.2 Å². The lowest BCUT2D eigenvalue weighted by Crippen LogP contribution is -1.96. The van der Waals surface area contributed by atoms with Gasteiger partial charge >= 0.3 is 0 Å². The average Bonchev–Trinajstić information content (AvgIpc) is 2.88. The summed E-state index contributed by atoms with van der Waals surface area (Å²) in [7, 11) is 0. The molecular formula is C13H8Cl2N4O2. The van der Waals surface area contributed by atoms with Crippen LogP contribution in [-0.2, 0) is 0 Å². The monoisotopic (exact) mass is 322 g/mol. The van der Waals surface area contributed by atoms with E-state index in [2.05, 4.69) is 10.1 Å². The van der Waals surface area contributed by atoms with E-state index in [-0.39, 0.29) is 5.69 Å². The molecule has 0 atom stereocenters. The number of halogens is 2. The van der Waals surface area contributed by atoms with E-state index in [1.165, 1.54) is 16.6 Å². The van der Waals surface area contributed by atoms with Crippen LogP contribution in [0.4, 0.5) is 5.69 Å². The summed E-state index contributed by atoms with van der Waals surface area (Å²) in [5.41, 5.74) is 2.62. The fourth-order valence-electron chi connectivity index (χ4n) is 1.98. The summed E-state index contributed by atoms with van der Waals surface area (Å²) < 4.78 is 1.49. The Bertz CT molecular complexity index is 859. The van der Waals surface area contributed by atoms with E-state index in [1.807, 2.05) is 0 Å². The molecule has 0 unspecified atom stereocenters. The zero-order valence-corrected chi connectivity index (χ0v) is 12.3. The number of hydrogen-bond donors (Lipinski definition) is 0. The third kappa shape index (κ3) is 2.22. The highest BCUT2D eigenvalue weighted by atomic mass is 35.5. The van der Waals surface area contributed by atoms with Gasteiger partial charge in [0.1, 0.15) is 10.3 Å². The SMILES string of the molecule is Cc1c(Cl)nc2c(-c3ccc([N+](=O)[O-])cc3)cnn2c1Cl. The van der Waals surface area contributed by atoms with Gasteiger partial charge in [0.15, 0.2) is 5.65 Å². The third-order valence-corrected chi connectivity index (χ3v) is 3.95. The molecule has 0 aliphatic carbocycles. The minimum absolute atomic E-state index is 0.0232. The molecule has 0 aliphatic heterocycles. The molecule has 0 bridgehead atoms. The van der Waals surface area contributed by atoms with Gasteiger partial charge in [0, 0.05) is 23.3 Å². The molecule has 0 N–H and O–H groups in total. The van der Waals surface area contributed by atoms with Gasteiger partial charge < -0.3 is 0 Å². The largest absolute Gasteiger partial charge is 0.269 e. The highest BCUT2D eigenvalue weighted by Crippen LogP contribution is 2.30. The molecule has 21 heavy (non-hydrogen) atoms.